The van der Waals surface area contributed by atoms with Crippen molar-refractivity contribution in [2.24, 2.45) is 0 Å². The normalized spacial score (nSPS) is 9.14. The molecule has 0 aliphatic rings. The van der Waals surface area contributed by atoms with Gasteiger partial charge in [-0.2, -0.15) is 4.91 Å². The molecule has 0 atom stereocenters. The molecule has 0 heterocycles. The summed E-state index contributed by atoms with van der Waals surface area (Å²) in [7, 11) is 0. The van der Waals surface area contributed by atoms with Gasteiger partial charge in [0.25, 0.3) is 0 Å². The van der Waals surface area contributed by atoms with Crippen LogP contribution in [-0.4, -0.2) is 6.43 Å². The summed E-state index contributed by atoms with van der Waals surface area (Å²) in [5, 5.41) is 0. The van der Waals surface area contributed by atoms with Crippen LogP contribution in [0.5, 0.6) is 0 Å². The Balaban J connectivity index is 0. The van der Waals surface area contributed by atoms with Crippen molar-refractivity contribution >= 4 is 0 Å². The lowest BCUT2D eigenvalue weighted by Gasteiger charge is -1.82. The zero-order chi connectivity index (χ0) is 6.50. The lowest BCUT2D eigenvalue weighted by atomic mass is 11.5. The van der Waals surface area contributed by atoms with E-state index in [1.807, 2.05) is 0 Å². The molecule has 1 N–H and O–H groups in total. The molecule has 0 saturated carbocycles. The number of halogens is 4. The van der Waals surface area contributed by atoms with Gasteiger partial charge in [0, 0.05) is 0 Å². The minimum atomic E-state index is -5.50. The van der Waals surface area contributed by atoms with Crippen LogP contribution in [0.2, 0.25) is 0 Å². The monoisotopic (exact) mass is 119 g/mol. The van der Waals surface area contributed by atoms with Crippen molar-refractivity contribution in [1.82, 2.24) is 0 Å². The number of rotatable bonds is 0. The van der Waals surface area contributed by atoms with E-state index in [2.05, 4.69) is 5.59 Å². The third kappa shape index (κ3) is 127. The average Bonchev–Trinajstić information content (AvgIpc) is 1.36. The van der Waals surface area contributed by atoms with Gasteiger partial charge in [-0.1, -0.05) is 5.59 Å². The van der Waals surface area contributed by atoms with Crippen LogP contribution in [0.3, 0.4) is 0 Å². The minimum Gasteiger partial charge on any atom is -0.154 e. The van der Waals surface area contributed by atoms with Gasteiger partial charge < -0.3 is 0 Å². The molecule has 0 spiro atoms. The molecule has 0 bridgehead atoms. The fraction of sp³-hybridized carbons (Fsp3) is 1.00. The van der Waals surface area contributed by atoms with E-state index in [1.165, 1.54) is 0 Å². The van der Waals surface area contributed by atoms with Crippen LogP contribution in [0.1, 0.15) is 0 Å². The Kier molecular flexibility index (Phi) is 4.80. The summed E-state index contributed by atoms with van der Waals surface area (Å²) in [6, 6.07) is 0. The highest BCUT2D eigenvalue weighted by Crippen LogP contribution is 2.13. The second-order valence-corrected chi connectivity index (χ2v) is 0.429. The highest BCUT2D eigenvalue weighted by molar-refractivity contribution is 4.08. The van der Waals surface area contributed by atoms with Crippen molar-refractivity contribution in [3.05, 3.63) is 4.91 Å². The standard InChI is InChI=1S/CF4.HNO/c2-1(3,4)5;1-2/h;1H. The summed E-state index contributed by atoms with van der Waals surface area (Å²) in [6.07, 6.45) is -5.50. The second-order valence-electron chi connectivity index (χ2n) is 0.429. The molecule has 7 heavy (non-hydrogen) atoms. The van der Waals surface area contributed by atoms with Gasteiger partial charge >= 0.3 is 6.43 Å². The molecule has 0 aromatic carbocycles. The summed E-state index contributed by atoms with van der Waals surface area (Å²) >= 11 is 0. The molecule has 0 aliphatic heterocycles. The van der Waals surface area contributed by atoms with Crippen molar-refractivity contribution in [3.63, 3.8) is 0 Å². The van der Waals surface area contributed by atoms with Gasteiger partial charge in [-0.25, -0.2) is 0 Å². The summed E-state index contributed by atoms with van der Waals surface area (Å²) in [4.78, 5) is 7.50. The van der Waals surface area contributed by atoms with Gasteiger partial charge in [0.15, 0.2) is 0 Å². The Labute approximate surface area is 35.9 Å². The molecule has 44 valence electrons. The van der Waals surface area contributed by atoms with Crippen LogP contribution in [-0.2, 0) is 0 Å². The topological polar surface area (TPSA) is 40.9 Å². The fourth-order valence-electron chi connectivity index (χ4n) is 0. The Morgan fingerprint density at radius 1 is 1.00 bits per heavy atom. The second kappa shape index (κ2) is 3.51. The van der Waals surface area contributed by atoms with E-state index in [1.54, 1.807) is 0 Å². The summed E-state index contributed by atoms with van der Waals surface area (Å²) in [6.45, 7) is 0. The molecule has 0 aromatic rings. The smallest absolute Gasteiger partial charge is 0.154 e. The van der Waals surface area contributed by atoms with Gasteiger partial charge in [0.05, 0.1) is 0 Å². The van der Waals surface area contributed by atoms with E-state index in [0.717, 1.165) is 0 Å². The SMILES string of the molecule is FC(F)(F)F.N=O. The van der Waals surface area contributed by atoms with Crippen molar-refractivity contribution in [2.75, 3.05) is 0 Å². The predicted octanol–water partition coefficient (Wildman–Crippen LogP) is 1.81. The third-order valence-electron chi connectivity index (χ3n) is 0. The summed E-state index contributed by atoms with van der Waals surface area (Å²) in [5.74, 6) is 0. The van der Waals surface area contributed by atoms with Crippen LogP contribution in [0.4, 0.5) is 17.6 Å². The van der Waals surface area contributed by atoms with E-state index in [-0.39, 0.29) is 0 Å². The first-order valence-electron chi connectivity index (χ1n) is 0.960. The summed E-state index contributed by atoms with van der Waals surface area (Å²) in [5.41, 5.74) is 4.50. The molecular weight excluding hydrogens is 118 g/mol. The summed E-state index contributed by atoms with van der Waals surface area (Å²) < 4.78 is 38.8. The quantitative estimate of drug-likeness (QED) is 0.383. The maximum Gasteiger partial charge on any atom is 0.559 e. The fourth-order valence-corrected chi connectivity index (χ4v) is 0. The van der Waals surface area contributed by atoms with Gasteiger partial charge in [-0.15, -0.1) is 17.6 Å². The minimum absolute atomic E-state index is 4.50. The zero-order valence-electron chi connectivity index (χ0n) is 2.92. The number of hydrogen-bond acceptors (Lipinski definition) is 2. The van der Waals surface area contributed by atoms with Crippen LogP contribution in [0.25, 0.3) is 0 Å². The molecule has 0 fully saturated rings. The molecule has 0 aliphatic carbocycles. The zero-order valence-corrected chi connectivity index (χ0v) is 2.92. The van der Waals surface area contributed by atoms with Crippen LogP contribution >= 0.6 is 0 Å². The number of nitrogens with one attached hydrogen (secondary N) is 1. The molecule has 2 nitrogen and oxygen atoms in total. The van der Waals surface area contributed by atoms with E-state index < -0.39 is 6.43 Å². The molecule has 0 aromatic heterocycles. The Morgan fingerprint density at radius 2 is 1.00 bits per heavy atom. The first kappa shape index (κ1) is 9.58. The van der Waals surface area contributed by atoms with Gasteiger partial charge in [-0.3, -0.25) is 0 Å². The van der Waals surface area contributed by atoms with Gasteiger partial charge in [-0.05, 0) is 0 Å². The molecule has 0 saturated heterocycles. The number of nitroso groups, excluding NO2 is 1. The molecule has 6 heteroatoms. The predicted molar refractivity (Wildman–Crippen MR) is 13.2 cm³/mol. The molecular formula is CHF4NO. The van der Waals surface area contributed by atoms with E-state index >= 15 is 0 Å². The maximum atomic E-state index is 9.69. The molecule has 0 amide bonds. The van der Waals surface area contributed by atoms with Crippen LogP contribution in [0, 0.1) is 10.5 Å². The van der Waals surface area contributed by atoms with Crippen molar-refractivity contribution in [1.29, 1.82) is 5.59 Å². The van der Waals surface area contributed by atoms with Gasteiger partial charge in [0.1, 0.15) is 0 Å². The van der Waals surface area contributed by atoms with Gasteiger partial charge in [0.2, 0.25) is 0 Å². The van der Waals surface area contributed by atoms with E-state index in [9.17, 15) is 17.6 Å². The largest absolute Gasteiger partial charge is 0.559 e. The van der Waals surface area contributed by atoms with Crippen molar-refractivity contribution in [2.45, 2.75) is 6.43 Å². The molecule has 0 unspecified atom stereocenters. The lowest BCUT2D eigenvalue weighted by Crippen LogP contribution is -1.92. The first-order chi connectivity index (χ1) is 3.00. The van der Waals surface area contributed by atoms with Crippen molar-refractivity contribution < 1.29 is 17.6 Å². The van der Waals surface area contributed by atoms with E-state index in [0.29, 0.717) is 0 Å². The lowest BCUT2D eigenvalue weighted by molar-refractivity contribution is -0.237. The number of alkyl halides is 4. The third-order valence-corrected chi connectivity index (χ3v) is 0. The highest BCUT2D eigenvalue weighted by atomic mass is 19.5. The Morgan fingerprint density at radius 3 is 1.00 bits per heavy atom. The maximum absolute atomic E-state index is 9.69. The highest BCUT2D eigenvalue weighted by Gasteiger charge is 2.24. The van der Waals surface area contributed by atoms with Crippen molar-refractivity contribution in [3.8, 4) is 0 Å². The molecule has 0 radical (unpaired) electrons. The van der Waals surface area contributed by atoms with Crippen LogP contribution < -0.4 is 0 Å². The Bertz CT molecular complexity index is 35.4. The Hall–Kier alpha value is -0.680. The number of hydrogen-bond donors (Lipinski definition) is 1. The first-order valence-corrected chi connectivity index (χ1v) is 0.960. The molecule has 0 rings (SSSR count). The van der Waals surface area contributed by atoms with E-state index in [4.69, 9.17) is 4.91 Å². The average molecular weight is 119 g/mol. The van der Waals surface area contributed by atoms with Crippen LogP contribution in [0.15, 0.2) is 0 Å².